The van der Waals surface area contributed by atoms with Gasteiger partial charge in [0.15, 0.2) is 11.6 Å². The summed E-state index contributed by atoms with van der Waals surface area (Å²) in [6.07, 6.45) is 1.09. The van der Waals surface area contributed by atoms with Crippen molar-refractivity contribution in [3.8, 4) is 0 Å². The fourth-order valence-electron chi connectivity index (χ4n) is 3.46. The Labute approximate surface area is 209 Å². The van der Waals surface area contributed by atoms with Gasteiger partial charge >= 0.3 is 15.6 Å². The van der Waals surface area contributed by atoms with E-state index in [9.17, 15) is 9.59 Å². The summed E-state index contributed by atoms with van der Waals surface area (Å²) in [5.74, 6) is -0.118. The van der Waals surface area contributed by atoms with E-state index in [1.54, 1.807) is 30.3 Å². The predicted octanol–water partition coefficient (Wildman–Crippen LogP) is 1.43. The molecule has 1 aliphatic carbocycles. The summed E-state index contributed by atoms with van der Waals surface area (Å²) >= 11 is 0. The zero-order valence-electron chi connectivity index (χ0n) is 19.9. The first-order valence-corrected chi connectivity index (χ1v) is 14.1. The van der Waals surface area contributed by atoms with Crippen LogP contribution in [0.4, 0.5) is 0 Å². The number of ketones is 2. The molecular formula is C22H32N2O10P2. The zero-order valence-corrected chi connectivity index (χ0v) is 21.7. The fourth-order valence-corrected chi connectivity index (χ4v) is 3.46. The fraction of sp³-hybridized carbons (Fsp3) is 0.364. The molecule has 200 valence electrons. The van der Waals surface area contributed by atoms with Crippen LogP contribution >= 0.6 is 15.6 Å². The second-order valence-electron chi connectivity index (χ2n) is 7.67. The van der Waals surface area contributed by atoms with Crippen molar-refractivity contribution in [2.24, 2.45) is 0 Å². The van der Waals surface area contributed by atoms with Crippen LogP contribution in [-0.2, 0) is 15.7 Å². The monoisotopic (exact) mass is 546 g/mol. The molecule has 0 radical (unpaired) electrons. The van der Waals surface area contributed by atoms with Crippen LogP contribution in [0.3, 0.4) is 0 Å². The summed E-state index contributed by atoms with van der Waals surface area (Å²) in [6, 6.07) is 12.7. The molecule has 0 spiro atoms. The molecule has 7 N–H and O–H groups in total. The first kappa shape index (κ1) is 31.9. The standard InChI is InChI=1S/C22H26N2O2.2H3O4P/c1-3-24(4-2)13-7-12-23-15-16-10-11-19-20(14-16)22(26)18-9-6-5-8-17(18)21(19)25;2*1-5(2,3)4/h5-6,8-11,14,23H,3-4,7,12-13,15H2,1-2H3;2*(H3,1,2,3,4). The van der Waals surface area contributed by atoms with E-state index in [2.05, 4.69) is 24.1 Å². The van der Waals surface area contributed by atoms with E-state index in [-0.39, 0.29) is 11.6 Å². The van der Waals surface area contributed by atoms with Crippen LogP contribution in [0.1, 0.15) is 57.7 Å². The lowest BCUT2D eigenvalue weighted by Crippen LogP contribution is -2.27. The molecule has 3 rings (SSSR count). The molecule has 0 bridgehead atoms. The molecule has 0 saturated carbocycles. The maximum atomic E-state index is 12.7. The molecule has 0 amide bonds. The van der Waals surface area contributed by atoms with Crippen molar-refractivity contribution in [2.45, 2.75) is 26.8 Å². The average Bonchev–Trinajstić information content (AvgIpc) is 2.77. The van der Waals surface area contributed by atoms with E-state index in [0.717, 1.165) is 38.2 Å². The summed E-state index contributed by atoms with van der Waals surface area (Å²) < 4.78 is 17.8. The van der Waals surface area contributed by atoms with Gasteiger partial charge in [-0.25, -0.2) is 9.13 Å². The Balaban J connectivity index is 0.000000550. The van der Waals surface area contributed by atoms with Gasteiger partial charge in [-0.15, -0.1) is 0 Å². The number of fused-ring (bicyclic) bond motifs is 2. The maximum absolute atomic E-state index is 12.7. The number of carbonyl (C=O) groups excluding carboxylic acids is 2. The Morgan fingerprint density at radius 1 is 0.750 bits per heavy atom. The summed E-state index contributed by atoms with van der Waals surface area (Å²) in [5, 5.41) is 3.43. The van der Waals surface area contributed by atoms with Crippen LogP contribution in [0, 0.1) is 0 Å². The lowest BCUT2D eigenvalue weighted by atomic mass is 9.83. The molecule has 0 fully saturated rings. The summed E-state index contributed by atoms with van der Waals surface area (Å²) in [5.41, 5.74) is 3.09. The van der Waals surface area contributed by atoms with Gasteiger partial charge in [-0.1, -0.05) is 44.2 Å². The van der Waals surface area contributed by atoms with Crippen LogP contribution < -0.4 is 5.32 Å². The van der Waals surface area contributed by atoms with E-state index >= 15 is 0 Å². The van der Waals surface area contributed by atoms with Crippen molar-refractivity contribution in [3.05, 3.63) is 70.3 Å². The SMILES string of the molecule is CCN(CC)CCCNCc1ccc2c(c1)C(=O)c1ccccc1C2=O.O=P(O)(O)O.O=P(O)(O)O. The molecule has 1 aliphatic rings. The first-order valence-electron chi connectivity index (χ1n) is 11.0. The summed E-state index contributed by atoms with van der Waals surface area (Å²) in [7, 11) is -9.28. The van der Waals surface area contributed by atoms with E-state index in [0.29, 0.717) is 28.8 Å². The molecule has 0 unspecified atom stereocenters. The molecule has 14 heteroatoms. The quantitative estimate of drug-likeness (QED) is 0.158. The molecule has 36 heavy (non-hydrogen) atoms. The Morgan fingerprint density at radius 3 is 1.67 bits per heavy atom. The highest BCUT2D eigenvalue weighted by Gasteiger charge is 2.29. The number of benzene rings is 2. The highest BCUT2D eigenvalue weighted by molar-refractivity contribution is 7.45. The van der Waals surface area contributed by atoms with Gasteiger partial charge in [0.1, 0.15) is 0 Å². The normalized spacial score (nSPS) is 12.7. The van der Waals surface area contributed by atoms with Gasteiger partial charge in [-0.05, 0) is 50.3 Å². The van der Waals surface area contributed by atoms with Crippen LogP contribution in [0.5, 0.6) is 0 Å². The van der Waals surface area contributed by atoms with Gasteiger partial charge in [0, 0.05) is 28.8 Å². The second kappa shape index (κ2) is 14.6. The van der Waals surface area contributed by atoms with Crippen LogP contribution in [0.2, 0.25) is 0 Å². The Kier molecular flexibility index (Phi) is 13.0. The summed E-state index contributed by atoms with van der Waals surface area (Å²) in [4.78, 5) is 70.9. The van der Waals surface area contributed by atoms with Crippen LogP contribution in [0.25, 0.3) is 0 Å². The van der Waals surface area contributed by atoms with Gasteiger partial charge in [-0.2, -0.15) is 0 Å². The third-order valence-corrected chi connectivity index (χ3v) is 5.04. The van der Waals surface area contributed by atoms with Crippen molar-refractivity contribution in [1.82, 2.24) is 10.2 Å². The number of phosphoric acid groups is 2. The first-order chi connectivity index (χ1) is 16.7. The lowest BCUT2D eigenvalue weighted by Gasteiger charge is -2.19. The third-order valence-electron chi connectivity index (χ3n) is 5.04. The number of nitrogens with one attached hydrogen (secondary N) is 1. The van der Waals surface area contributed by atoms with Gasteiger partial charge < -0.3 is 39.6 Å². The molecule has 0 aliphatic heterocycles. The number of nitrogens with zero attached hydrogens (tertiary/aromatic N) is 1. The molecule has 0 heterocycles. The van der Waals surface area contributed by atoms with Gasteiger partial charge in [-0.3, -0.25) is 9.59 Å². The van der Waals surface area contributed by atoms with Crippen molar-refractivity contribution in [2.75, 3.05) is 26.2 Å². The lowest BCUT2D eigenvalue weighted by molar-refractivity contribution is 0.0979. The van der Waals surface area contributed by atoms with Crippen molar-refractivity contribution < 1.29 is 48.1 Å². The molecule has 12 nitrogen and oxygen atoms in total. The summed E-state index contributed by atoms with van der Waals surface area (Å²) in [6.45, 7) is 9.25. The van der Waals surface area contributed by atoms with E-state index in [1.165, 1.54) is 0 Å². The second-order valence-corrected chi connectivity index (χ2v) is 9.72. The minimum atomic E-state index is -4.64. The van der Waals surface area contributed by atoms with Crippen LogP contribution in [-0.4, -0.2) is 72.0 Å². The number of hydrogen-bond acceptors (Lipinski definition) is 6. The van der Waals surface area contributed by atoms with E-state index < -0.39 is 15.6 Å². The van der Waals surface area contributed by atoms with Gasteiger partial charge in [0.2, 0.25) is 0 Å². The smallest absolute Gasteiger partial charge is 0.313 e. The molecule has 0 saturated heterocycles. The number of rotatable bonds is 8. The Morgan fingerprint density at radius 2 is 1.19 bits per heavy atom. The van der Waals surface area contributed by atoms with E-state index in [1.807, 2.05) is 12.1 Å². The molecule has 2 aromatic carbocycles. The van der Waals surface area contributed by atoms with Crippen molar-refractivity contribution in [3.63, 3.8) is 0 Å². The molecule has 2 aromatic rings. The molecule has 0 atom stereocenters. The van der Waals surface area contributed by atoms with Crippen molar-refractivity contribution >= 4 is 27.2 Å². The molecule has 0 aromatic heterocycles. The zero-order chi connectivity index (χ0) is 27.5. The van der Waals surface area contributed by atoms with Gasteiger partial charge in [0.25, 0.3) is 0 Å². The maximum Gasteiger partial charge on any atom is 0.466 e. The average molecular weight is 546 g/mol. The topological polar surface area (TPSA) is 205 Å². The van der Waals surface area contributed by atoms with Crippen molar-refractivity contribution in [1.29, 1.82) is 0 Å². The van der Waals surface area contributed by atoms with E-state index in [4.69, 9.17) is 38.5 Å². The minimum absolute atomic E-state index is 0.0569. The number of carbonyl (C=O) groups is 2. The minimum Gasteiger partial charge on any atom is -0.313 e. The predicted molar refractivity (Wildman–Crippen MR) is 132 cm³/mol. The van der Waals surface area contributed by atoms with Crippen LogP contribution in [0.15, 0.2) is 42.5 Å². The highest BCUT2D eigenvalue weighted by atomic mass is 31.2. The van der Waals surface area contributed by atoms with Gasteiger partial charge in [0.05, 0.1) is 0 Å². The molecular weight excluding hydrogens is 514 g/mol. The Hall–Kier alpha value is -2.08. The highest BCUT2D eigenvalue weighted by Crippen LogP contribution is 2.28. The largest absolute Gasteiger partial charge is 0.466 e. The third kappa shape index (κ3) is 12.2. The number of hydrogen-bond donors (Lipinski definition) is 7. The Bertz CT molecular complexity index is 1090.